The van der Waals surface area contributed by atoms with Crippen LogP contribution in [0.1, 0.15) is 19.3 Å². The average molecular weight is 349 g/mol. The zero-order valence-corrected chi connectivity index (χ0v) is 15.0. The van der Waals surface area contributed by atoms with Crippen LogP contribution in [0.3, 0.4) is 0 Å². The van der Waals surface area contributed by atoms with Crippen molar-refractivity contribution in [3.63, 3.8) is 0 Å². The molecule has 0 spiro atoms. The Hall–Kier alpha value is -1.66. The predicted octanol–water partition coefficient (Wildman–Crippen LogP) is 1.83. The molecule has 0 aliphatic carbocycles. The normalized spacial score (nSPS) is 22.8. The maximum Gasteiger partial charge on any atom is 0.260 e. The Labute approximate surface area is 149 Å². The summed E-state index contributed by atoms with van der Waals surface area (Å²) >= 11 is 0. The molecule has 25 heavy (non-hydrogen) atoms. The number of benzene rings is 1. The summed E-state index contributed by atoms with van der Waals surface area (Å²) in [6.45, 7) is 5.56. The number of likely N-dealkylation sites (tertiary alicyclic amines) is 1. The van der Waals surface area contributed by atoms with E-state index in [1.807, 2.05) is 4.90 Å². The number of piperidine rings is 1. The fraction of sp³-hybridized carbons (Fsp3) is 0.632. The van der Waals surface area contributed by atoms with Gasteiger partial charge >= 0.3 is 0 Å². The van der Waals surface area contributed by atoms with E-state index in [0.717, 1.165) is 32.7 Å². The number of piperazine rings is 1. The first-order chi connectivity index (χ1) is 12.1. The van der Waals surface area contributed by atoms with Gasteiger partial charge < -0.3 is 14.5 Å². The molecule has 0 bridgehead atoms. The molecule has 2 aliphatic heterocycles. The molecule has 0 aromatic heterocycles. The van der Waals surface area contributed by atoms with E-state index in [4.69, 9.17) is 4.74 Å². The van der Waals surface area contributed by atoms with Crippen LogP contribution in [0.15, 0.2) is 24.3 Å². The molecule has 6 heteroatoms. The van der Waals surface area contributed by atoms with Gasteiger partial charge in [0.05, 0.1) is 0 Å². The summed E-state index contributed by atoms with van der Waals surface area (Å²) in [6.07, 6.45) is 3.91. The van der Waals surface area contributed by atoms with E-state index in [-0.39, 0.29) is 18.3 Å². The van der Waals surface area contributed by atoms with Crippen molar-refractivity contribution in [3.8, 4) is 5.75 Å². The van der Waals surface area contributed by atoms with Gasteiger partial charge in [-0.3, -0.25) is 9.69 Å². The number of ether oxygens (including phenoxy) is 1. The van der Waals surface area contributed by atoms with Gasteiger partial charge in [0.1, 0.15) is 11.6 Å². The minimum absolute atomic E-state index is 0.0290. The van der Waals surface area contributed by atoms with Crippen molar-refractivity contribution in [2.45, 2.75) is 25.3 Å². The number of hydrogen-bond acceptors (Lipinski definition) is 4. The van der Waals surface area contributed by atoms with E-state index in [0.29, 0.717) is 11.8 Å². The Bertz CT molecular complexity index is 576. The number of amides is 1. The van der Waals surface area contributed by atoms with E-state index >= 15 is 0 Å². The smallest absolute Gasteiger partial charge is 0.260 e. The molecule has 2 fully saturated rings. The van der Waals surface area contributed by atoms with Gasteiger partial charge in [-0.25, -0.2) is 4.39 Å². The quantitative estimate of drug-likeness (QED) is 0.813. The van der Waals surface area contributed by atoms with Crippen molar-refractivity contribution < 1.29 is 13.9 Å². The van der Waals surface area contributed by atoms with Crippen molar-refractivity contribution in [3.05, 3.63) is 30.1 Å². The Morgan fingerprint density at radius 3 is 2.72 bits per heavy atom. The Morgan fingerprint density at radius 1 is 1.20 bits per heavy atom. The summed E-state index contributed by atoms with van der Waals surface area (Å²) in [5.41, 5.74) is 0. The lowest BCUT2D eigenvalue weighted by Crippen LogP contribution is -2.53. The van der Waals surface area contributed by atoms with Crippen LogP contribution in [0.2, 0.25) is 0 Å². The number of halogens is 1. The molecule has 138 valence electrons. The highest BCUT2D eigenvalue weighted by molar-refractivity contribution is 5.77. The molecule has 3 rings (SSSR count). The van der Waals surface area contributed by atoms with Gasteiger partial charge in [-0.15, -0.1) is 0 Å². The van der Waals surface area contributed by atoms with Crippen LogP contribution in [0, 0.1) is 5.82 Å². The highest BCUT2D eigenvalue weighted by Gasteiger charge is 2.26. The summed E-state index contributed by atoms with van der Waals surface area (Å²) in [7, 11) is 2.22. The van der Waals surface area contributed by atoms with Gasteiger partial charge in [0.2, 0.25) is 0 Å². The van der Waals surface area contributed by atoms with Crippen molar-refractivity contribution in [2.24, 2.45) is 0 Å². The topological polar surface area (TPSA) is 36.0 Å². The molecule has 1 amide bonds. The first kappa shape index (κ1) is 18.1. The molecule has 1 aromatic rings. The minimum atomic E-state index is -0.355. The molecular formula is C19H28FN3O2. The van der Waals surface area contributed by atoms with E-state index < -0.39 is 0 Å². The molecule has 2 aliphatic rings. The number of likely N-dealkylation sites (N-methyl/N-ethyl adjacent to an activating group) is 1. The van der Waals surface area contributed by atoms with Crippen LogP contribution in [-0.4, -0.2) is 79.6 Å². The first-order valence-corrected chi connectivity index (χ1v) is 9.20. The van der Waals surface area contributed by atoms with Crippen molar-refractivity contribution in [2.75, 3.05) is 52.9 Å². The number of carbonyl (C=O) groups excluding carboxylic acids is 1. The van der Waals surface area contributed by atoms with Gasteiger partial charge in [0.25, 0.3) is 5.91 Å². The number of hydrogen-bond donors (Lipinski definition) is 0. The number of nitrogens with zero attached hydrogens (tertiary/aromatic N) is 3. The van der Waals surface area contributed by atoms with Crippen LogP contribution in [0.5, 0.6) is 5.75 Å². The average Bonchev–Trinajstić information content (AvgIpc) is 2.62. The summed E-state index contributed by atoms with van der Waals surface area (Å²) in [5.74, 6) is 0.0114. The lowest BCUT2D eigenvalue weighted by molar-refractivity contribution is -0.135. The molecule has 1 atom stereocenters. The molecule has 5 nitrogen and oxygen atoms in total. The zero-order valence-electron chi connectivity index (χ0n) is 15.0. The molecule has 0 radical (unpaired) electrons. The Morgan fingerprint density at radius 2 is 2.00 bits per heavy atom. The summed E-state index contributed by atoms with van der Waals surface area (Å²) < 4.78 is 18.5. The lowest BCUT2D eigenvalue weighted by Gasteiger charge is -2.40. The maximum absolute atomic E-state index is 13.1. The van der Waals surface area contributed by atoms with Gasteiger partial charge in [0, 0.05) is 44.8 Å². The number of rotatable bonds is 5. The first-order valence-electron chi connectivity index (χ1n) is 9.20. The molecule has 2 heterocycles. The number of carbonyl (C=O) groups is 1. The zero-order chi connectivity index (χ0) is 17.6. The lowest BCUT2D eigenvalue weighted by atomic mass is 10.0. The highest BCUT2D eigenvalue weighted by Crippen LogP contribution is 2.17. The second-order valence-electron chi connectivity index (χ2n) is 7.06. The third kappa shape index (κ3) is 5.16. The monoisotopic (exact) mass is 349 g/mol. The fourth-order valence-corrected chi connectivity index (χ4v) is 3.65. The SMILES string of the molecule is CN1CCCCC1CN1CCN(C(=O)COc2cccc(F)c2)CC1. The second-order valence-corrected chi connectivity index (χ2v) is 7.06. The molecule has 1 unspecified atom stereocenters. The summed E-state index contributed by atoms with van der Waals surface area (Å²) in [6, 6.07) is 6.54. The van der Waals surface area contributed by atoms with Crippen molar-refractivity contribution >= 4 is 5.91 Å². The van der Waals surface area contributed by atoms with Crippen LogP contribution < -0.4 is 4.74 Å². The predicted molar refractivity (Wildman–Crippen MR) is 95.2 cm³/mol. The van der Waals surface area contributed by atoms with Crippen LogP contribution in [0.25, 0.3) is 0 Å². The van der Waals surface area contributed by atoms with Gasteiger partial charge in [-0.05, 0) is 38.6 Å². The minimum Gasteiger partial charge on any atom is -0.484 e. The standard InChI is InChI=1S/C19H28FN3O2/c1-21-8-3-2-6-17(21)14-22-9-11-23(12-10-22)19(24)15-25-18-7-4-5-16(20)13-18/h4-5,7,13,17H,2-3,6,8-12,14-15H2,1H3. The third-order valence-corrected chi connectivity index (χ3v) is 5.27. The third-order valence-electron chi connectivity index (χ3n) is 5.27. The van der Waals surface area contributed by atoms with Gasteiger partial charge in [-0.2, -0.15) is 0 Å². The highest BCUT2D eigenvalue weighted by atomic mass is 19.1. The fourth-order valence-electron chi connectivity index (χ4n) is 3.65. The molecule has 0 saturated carbocycles. The van der Waals surface area contributed by atoms with E-state index in [9.17, 15) is 9.18 Å². The largest absolute Gasteiger partial charge is 0.484 e. The van der Waals surface area contributed by atoms with Crippen molar-refractivity contribution in [1.82, 2.24) is 14.7 Å². The molecule has 1 aromatic carbocycles. The van der Waals surface area contributed by atoms with E-state index in [1.54, 1.807) is 12.1 Å². The van der Waals surface area contributed by atoms with E-state index in [1.165, 1.54) is 37.9 Å². The maximum atomic E-state index is 13.1. The van der Waals surface area contributed by atoms with Crippen molar-refractivity contribution in [1.29, 1.82) is 0 Å². The summed E-state index contributed by atoms with van der Waals surface area (Å²) in [4.78, 5) is 19.1. The van der Waals surface area contributed by atoms with Gasteiger partial charge in [0.15, 0.2) is 6.61 Å². The van der Waals surface area contributed by atoms with Crippen LogP contribution in [-0.2, 0) is 4.79 Å². The molecule has 0 N–H and O–H groups in total. The van der Waals surface area contributed by atoms with Gasteiger partial charge in [-0.1, -0.05) is 12.5 Å². The molecule has 2 saturated heterocycles. The molecular weight excluding hydrogens is 321 g/mol. The van der Waals surface area contributed by atoms with Crippen LogP contribution >= 0.6 is 0 Å². The van der Waals surface area contributed by atoms with Crippen LogP contribution in [0.4, 0.5) is 4.39 Å². The summed E-state index contributed by atoms with van der Waals surface area (Å²) in [5, 5.41) is 0. The second kappa shape index (κ2) is 8.63. The Balaban J connectivity index is 1.40. The Kier molecular flexibility index (Phi) is 6.26. The van der Waals surface area contributed by atoms with E-state index in [2.05, 4.69) is 16.8 Å².